The highest BCUT2D eigenvalue weighted by molar-refractivity contribution is 5.52. The molecule has 0 spiro atoms. The summed E-state index contributed by atoms with van der Waals surface area (Å²) in [6, 6.07) is 13.3. The summed E-state index contributed by atoms with van der Waals surface area (Å²) in [5.74, 6) is 1.81. The van der Waals surface area contributed by atoms with Gasteiger partial charge in [0.15, 0.2) is 11.5 Å². The molecule has 4 nitrogen and oxygen atoms in total. The van der Waals surface area contributed by atoms with Crippen LogP contribution in [-0.2, 0) is 0 Å². The van der Waals surface area contributed by atoms with E-state index >= 15 is 0 Å². The standard InChI is InChI=1S/C18H19NO3/c1-13-7-8-16(11-14(13)2)21-9-10-22-18-15(12-19)5-4-6-17(18)20-3/h4-8,11H,9-10H2,1-3H3. The van der Waals surface area contributed by atoms with Gasteiger partial charge in [-0.25, -0.2) is 0 Å². The minimum absolute atomic E-state index is 0.335. The molecule has 0 saturated carbocycles. The lowest BCUT2D eigenvalue weighted by molar-refractivity contribution is 0.211. The zero-order chi connectivity index (χ0) is 15.9. The average molecular weight is 297 g/mol. The van der Waals surface area contributed by atoms with Crippen LogP contribution in [0.15, 0.2) is 36.4 Å². The van der Waals surface area contributed by atoms with Crippen LogP contribution in [0.25, 0.3) is 0 Å². The van der Waals surface area contributed by atoms with Crippen molar-refractivity contribution in [2.24, 2.45) is 0 Å². The number of methoxy groups -OCH3 is 1. The fraction of sp³-hybridized carbons (Fsp3) is 0.278. The van der Waals surface area contributed by atoms with Gasteiger partial charge in [0.25, 0.3) is 0 Å². The molecule has 0 amide bonds. The van der Waals surface area contributed by atoms with Crippen LogP contribution in [0.2, 0.25) is 0 Å². The highest BCUT2D eigenvalue weighted by Gasteiger charge is 2.10. The lowest BCUT2D eigenvalue weighted by Gasteiger charge is -2.13. The van der Waals surface area contributed by atoms with Gasteiger partial charge in [-0.05, 0) is 49.2 Å². The van der Waals surface area contributed by atoms with Crippen molar-refractivity contribution in [3.8, 4) is 23.3 Å². The fourth-order valence-electron chi connectivity index (χ4n) is 2.02. The Kier molecular flexibility index (Phi) is 5.26. The number of aryl methyl sites for hydroxylation is 2. The van der Waals surface area contributed by atoms with Crippen LogP contribution in [-0.4, -0.2) is 20.3 Å². The number of hydrogen-bond donors (Lipinski definition) is 0. The molecule has 0 aliphatic heterocycles. The van der Waals surface area contributed by atoms with Crippen molar-refractivity contribution in [3.05, 3.63) is 53.1 Å². The minimum atomic E-state index is 0.335. The molecule has 0 heterocycles. The van der Waals surface area contributed by atoms with Gasteiger partial charge in [0.05, 0.1) is 12.7 Å². The van der Waals surface area contributed by atoms with E-state index < -0.39 is 0 Å². The summed E-state index contributed by atoms with van der Waals surface area (Å²) in [6.07, 6.45) is 0. The largest absolute Gasteiger partial charge is 0.493 e. The van der Waals surface area contributed by atoms with Crippen LogP contribution >= 0.6 is 0 Å². The van der Waals surface area contributed by atoms with Gasteiger partial charge in [-0.15, -0.1) is 0 Å². The summed E-state index contributed by atoms with van der Waals surface area (Å²) in [4.78, 5) is 0. The quantitative estimate of drug-likeness (QED) is 0.764. The van der Waals surface area contributed by atoms with Crippen LogP contribution in [0.4, 0.5) is 0 Å². The van der Waals surface area contributed by atoms with Crippen molar-refractivity contribution < 1.29 is 14.2 Å². The van der Waals surface area contributed by atoms with Crippen LogP contribution in [0.5, 0.6) is 17.2 Å². The number of nitriles is 1. The third-order valence-electron chi connectivity index (χ3n) is 3.40. The fourth-order valence-corrected chi connectivity index (χ4v) is 2.02. The number of ether oxygens (including phenoxy) is 3. The zero-order valence-corrected chi connectivity index (χ0v) is 13.1. The van der Waals surface area contributed by atoms with Crippen LogP contribution in [0, 0.1) is 25.2 Å². The first kappa shape index (κ1) is 15.7. The molecule has 22 heavy (non-hydrogen) atoms. The summed E-state index contributed by atoms with van der Waals surface area (Å²) in [7, 11) is 1.55. The molecule has 0 radical (unpaired) electrons. The Bertz CT molecular complexity index is 689. The summed E-state index contributed by atoms with van der Waals surface area (Å²) in [5.41, 5.74) is 2.87. The molecule has 0 aliphatic rings. The molecule has 0 atom stereocenters. The van der Waals surface area contributed by atoms with Crippen LogP contribution in [0.3, 0.4) is 0 Å². The van der Waals surface area contributed by atoms with Gasteiger partial charge in [0.2, 0.25) is 0 Å². The van der Waals surface area contributed by atoms with E-state index in [1.165, 1.54) is 11.1 Å². The monoisotopic (exact) mass is 297 g/mol. The topological polar surface area (TPSA) is 51.5 Å². The number of benzene rings is 2. The predicted octanol–water partition coefficient (Wildman–Crippen LogP) is 3.64. The van der Waals surface area contributed by atoms with E-state index in [2.05, 4.69) is 13.0 Å². The lowest BCUT2D eigenvalue weighted by atomic mass is 10.1. The van der Waals surface area contributed by atoms with E-state index in [0.29, 0.717) is 30.3 Å². The van der Waals surface area contributed by atoms with E-state index in [0.717, 1.165) is 5.75 Å². The Morgan fingerprint density at radius 1 is 1.00 bits per heavy atom. The Labute approximate surface area is 130 Å². The molecule has 4 heteroatoms. The van der Waals surface area contributed by atoms with Gasteiger partial charge < -0.3 is 14.2 Å². The first-order valence-corrected chi connectivity index (χ1v) is 7.05. The maximum atomic E-state index is 9.11. The number of nitrogens with zero attached hydrogens (tertiary/aromatic N) is 1. The van der Waals surface area contributed by atoms with Crippen molar-refractivity contribution >= 4 is 0 Å². The predicted molar refractivity (Wildman–Crippen MR) is 84.6 cm³/mol. The first-order valence-electron chi connectivity index (χ1n) is 7.05. The minimum Gasteiger partial charge on any atom is -0.493 e. The first-order chi connectivity index (χ1) is 10.7. The van der Waals surface area contributed by atoms with Gasteiger partial charge >= 0.3 is 0 Å². The van der Waals surface area contributed by atoms with Crippen molar-refractivity contribution in [1.29, 1.82) is 5.26 Å². The van der Waals surface area contributed by atoms with E-state index in [9.17, 15) is 0 Å². The van der Waals surface area contributed by atoms with Gasteiger partial charge in [-0.1, -0.05) is 12.1 Å². The van der Waals surface area contributed by atoms with Crippen molar-refractivity contribution in [2.45, 2.75) is 13.8 Å². The Hall–Kier alpha value is -2.67. The van der Waals surface area contributed by atoms with Crippen LogP contribution in [0.1, 0.15) is 16.7 Å². The van der Waals surface area contributed by atoms with E-state index in [1.807, 2.05) is 25.1 Å². The maximum absolute atomic E-state index is 9.11. The highest BCUT2D eigenvalue weighted by atomic mass is 16.5. The molecule has 114 valence electrons. The lowest BCUT2D eigenvalue weighted by Crippen LogP contribution is -2.10. The third kappa shape index (κ3) is 3.70. The zero-order valence-electron chi connectivity index (χ0n) is 13.1. The molecular weight excluding hydrogens is 278 g/mol. The van der Waals surface area contributed by atoms with Gasteiger partial charge in [-0.2, -0.15) is 5.26 Å². The van der Waals surface area contributed by atoms with E-state index in [-0.39, 0.29) is 0 Å². The molecule has 0 aliphatic carbocycles. The van der Waals surface area contributed by atoms with Gasteiger partial charge in [0, 0.05) is 0 Å². The summed E-state index contributed by atoms with van der Waals surface area (Å²) < 4.78 is 16.5. The molecular formula is C18H19NO3. The SMILES string of the molecule is COc1cccc(C#N)c1OCCOc1ccc(C)c(C)c1. The van der Waals surface area contributed by atoms with Crippen molar-refractivity contribution in [2.75, 3.05) is 20.3 Å². The molecule has 0 aromatic heterocycles. The average Bonchev–Trinajstić information content (AvgIpc) is 2.54. The van der Waals surface area contributed by atoms with Crippen molar-refractivity contribution in [3.63, 3.8) is 0 Å². The Morgan fingerprint density at radius 2 is 1.77 bits per heavy atom. The molecule has 2 aromatic carbocycles. The second kappa shape index (κ2) is 7.37. The number of hydrogen-bond acceptors (Lipinski definition) is 4. The van der Waals surface area contributed by atoms with Gasteiger partial charge in [-0.3, -0.25) is 0 Å². The summed E-state index contributed by atoms with van der Waals surface area (Å²) in [5, 5.41) is 9.11. The third-order valence-corrected chi connectivity index (χ3v) is 3.40. The molecule has 2 rings (SSSR count). The number of para-hydroxylation sites is 1. The molecule has 0 fully saturated rings. The number of rotatable bonds is 6. The normalized spacial score (nSPS) is 9.91. The molecule has 0 saturated heterocycles. The molecule has 2 aromatic rings. The van der Waals surface area contributed by atoms with Crippen LogP contribution < -0.4 is 14.2 Å². The molecule has 0 unspecified atom stereocenters. The molecule has 0 bridgehead atoms. The second-order valence-corrected chi connectivity index (χ2v) is 4.89. The van der Waals surface area contributed by atoms with Crippen molar-refractivity contribution in [1.82, 2.24) is 0 Å². The Balaban J connectivity index is 1.94. The smallest absolute Gasteiger partial charge is 0.179 e. The van der Waals surface area contributed by atoms with Gasteiger partial charge in [0.1, 0.15) is 25.0 Å². The maximum Gasteiger partial charge on any atom is 0.179 e. The molecule has 0 N–H and O–H groups in total. The van der Waals surface area contributed by atoms with E-state index in [4.69, 9.17) is 19.5 Å². The second-order valence-electron chi connectivity index (χ2n) is 4.89. The Morgan fingerprint density at radius 3 is 2.45 bits per heavy atom. The summed E-state index contributed by atoms with van der Waals surface area (Å²) >= 11 is 0. The highest BCUT2D eigenvalue weighted by Crippen LogP contribution is 2.30. The summed E-state index contributed by atoms with van der Waals surface area (Å²) in [6.45, 7) is 4.84. The van der Waals surface area contributed by atoms with E-state index in [1.54, 1.807) is 25.3 Å².